The summed E-state index contributed by atoms with van der Waals surface area (Å²) in [5, 5.41) is 0. The normalized spacial score (nSPS) is 10.7. The van der Waals surface area contributed by atoms with Crippen molar-refractivity contribution in [3.05, 3.63) is 59.7 Å². The van der Waals surface area contributed by atoms with Gasteiger partial charge in [0.25, 0.3) is 0 Å². The van der Waals surface area contributed by atoms with Gasteiger partial charge in [-0.05, 0) is 51.1 Å². The number of ether oxygens (including phenoxy) is 3. The molecule has 0 bridgehead atoms. The Labute approximate surface area is 149 Å². The lowest BCUT2D eigenvalue weighted by molar-refractivity contribution is 0.104. The Bertz CT molecular complexity index is 734. The molecule has 132 valence electrons. The molecule has 0 saturated carbocycles. The van der Waals surface area contributed by atoms with Gasteiger partial charge in [-0.3, -0.25) is 4.79 Å². The highest BCUT2D eigenvalue weighted by atomic mass is 16.5. The third kappa shape index (κ3) is 4.86. The highest BCUT2D eigenvalue weighted by Crippen LogP contribution is 2.32. The maximum Gasteiger partial charge on any atom is 0.189 e. The SMILES string of the molecule is CCOc1ccccc1C(=O)/C=C/c1cccc(OCC)c1OCC. The molecule has 2 aromatic carbocycles. The summed E-state index contributed by atoms with van der Waals surface area (Å²) in [5.74, 6) is 1.80. The number of hydrogen-bond acceptors (Lipinski definition) is 4. The summed E-state index contributed by atoms with van der Waals surface area (Å²) < 4.78 is 16.8. The molecule has 0 atom stereocenters. The Balaban J connectivity index is 2.30. The maximum atomic E-state index is 12.6. The summed E-state index contributed by atoms with van der Waals surface area (Å²) >= 11 is 0. The lowest BCUT2D eigenvalue weighted by atomic mass is 10.1. The predicted molar refractivity (Wildman–Crippen MR) is 99.8 cm³/mol. The van der Waals surface area contributed by atoms with Crippen LogP contribution in [0.2, 0.25) is 0 Å². The highest BCUT2D eigenvalue weighted by Gasteiger charge is 2.11. The zero-order valence-corrected chi connectivity index (χ0v) is 15.0. The predicted octanol–water partition coefficient (Wildman–Crippen LogP) is 4.78. The molecule has 0 aliphatic rings. The second-order valence-electron chi connectivity index (χ2n) is 5.17. The zero-order valence-electron chi connectivity index (χ0n) is 15.0. The lowest BCUT2D eigenvalue weighted by Gasteiger charge is -2.13. The van der Waals surface area contributed by atoms with Gasteiger partial charge in [-0.25, -0.2) is 0 Å². The van der Waals surface area contributed by atoms with Crippen LogP contribution in [0.4, 0.5) is 0 Å². The number of ketones is 1. The standard InChI is InChI=1S/C21H24O4/c1-4-23-19-12-8-7-11-17(19)18(22)15-14-16-10-9-13-20(24-5-2)21(16)25-6-3/h7-15H,4-6H2,1-3H3/b15-14+. The van der Waals surface area contributed by atoms with Crippen LogP contribution in [0.1, 0.15) is 36.7 Å². The molecule has 0 radical (unpaired) electrons. The molecule has 4 nitrogen and oxygen atoms in total. The van der Waals surface area contributed by atoms with Crippen LogP contribution in [0.3, 0.4) is 0 Å². The van der Waals surface area contributed by atoms with Gasteiger partial charge in [0.2, 0.25) is 0 Å². The van der Waals surface area contributed by atoms with Crippen LogP contribution in [0.15, 0.2) is 48.5 Å². The zero-order chi connectivity index (χ0) is 18.1. The van der Waals surface area contributed by atoms with E-state index in [2.05, 4.69) is 0 Å². The number of allylic oxidation sites excluding steroid dienone is 1. The number of carbonyl (C=O) groups is 1. The second-order valence-corrected chi connectivity index (χ2v) is 5.17. The van der Waals surface area contributed by atoms with E-state index in [1.54, 1.807) is 18.2 Å². The fourth-order valence-corrected chi connectivity index (χ4v) is 2.44. The van der Waals surface area contributed by atoms with E-state index >= 15 is 0 Å². The molecule has 0 spiro atoms. The largest absolute Gasteiger partial charge is 0.493 e. The first-order valence-corrected chi connectivity index (χ1v) is 8.54. The Morgan fingerprint density at radius 1 is 0.840 bits per heavy atom. The van der Waals surface area contributed by atoms with Crippen molar-refractivity contribution in [3.63, 3.8) is 0 Å². The highest BCUT2D eigenvalue weighted by molar-refractivity contribution is 6.08. The van der Waals surface area contributed by atoms with E-state index in [4.69, 9.17) is 14.2 Å². The van der Waals surface area contributed by atoms with E-state index in [9.17, 15) is 4.79 Å². The smallest absolute Gasteiger partial charge is 0.189 e. The van der Waals surface area contributed by atoms with E-state index in [1.165, 1.54) is 6.08 Å². The fraction of sp³-hybridized carbons (Fsp3) is 0.286. The molecule has 0 aromatic heterocycles. The summed E-state index contributed by atoms with van der Waals surface area (Å²) in [7, 11) is 0. The van der Waals surface area contributed by atoms with Crippen molar-refractivity contribution in [1.29, 1.82) is 0 Å². The number of rotatable bonds is 9. The summed E-state index contributed by atoms with van der Waals surface area (Å²) in [6.45, 7) is 7.32. The molecule has 25 heavy (non-hydrogen) atoms. The molecule has 2 rings (SSSR count). The Morgan fingerprint density at radius 3 is 2.20 bits per heavy atom. The van der Waals surface area contributed by atoms with Crippen molar-refractivity contribution in [3.8, 4) is 17.2 Å². The van der Waals surface area contributed by atoms with Crippen LogP contribution in [0, 0.1) is 0 Å². The van der Waals surface area contributed by atoms with Crippen LogP contribution in [0.5, 0.6) is 17.2 Å². The lowest BCUT2D eigenvalue weighted by Crippen LogP contribution is -2.02. The second kappa shape index (κ2) is 9.52. The van der Waals surface area contributed by atoms with Crippen LogP contribution in [-0.2, 0) is 0 Å². The minimum atomic E-state index is -0.117. The Morgan fingerprint density at radius 2 is 1.48 bits per heavy atom. The molecule has 0 saturated heterocycles. The molecule has 2 aromatic rings. The minimum absolute atomic E-state index is 0.117. The first kappa shape index (κ1) is 18.6. The van der Waals surface area contributed by atoms with Gasteiger partial charge in [-0.15, -0.1) is 0 Å². The van der Waals surface area contributed by atoms with Gasteiger partial charge in [0.1, 0.15) is 5.75 Å². The minimum Gasteiger partial charge on any atom is -0.493 e. The van der Waals surface area contributed by atoms with Crippen molar-refractivity contribution in [2.75, 3.05) is 19.8 Å². The Kier molecular flexibility index (Phi) is 7.08. The number of para-hydroxylation sites is 2. The molecule has 0 aliphatic carbocycles. The quantitative estimate of drug-likeness (QED) is 0.487. The third-order valence-corrected chi connectivity index (χ3v) is 3.46. The molecule has 0 unspecified atom stereocenters. The van der Waals surface area contributed by atoms with E-state index in [0.717, 1.165) is 5.56 Å². The summed E-state index contributed by atoms with van der Waals surface area (Å²) in [6.07, 6.45) is 3.28. The van der Waals surface area contributed by atoms with Gasteiger partial charge in [0.05, 0.1) is 25.4 Å². The number of hydrogen-bond donors (Lipinski definition) is 0. The first-order valence-electron chi connectivity index (χ1n) is 8.54. The van der Waals surface area contributed by atoms with Gasteiger partial charge in [-0.1, -0.05) is 24.3 Å². The van der Waals surface area contributed by atoms with Crippen molar-refractivity contribution in [2.24, 2.45) is 0 Å². The number of benzene rings is 2. The first-order chi connectivity index (χ1) is 12.2. The molecule has 0 N–H and O–H groups in total. The van der Waals surface area contributed by atoms with Gasteiger partial charge < -0.3 is 14.2 Å². The summed E-state index contributed by atoms with van der Waals surface area (Å²) in [4.78, 5) is 12.6. The molecule has 0 aliphatic heterocycles. The van der Waals surface area contributed by atoms with Gasteiger partial charge in [-0.2, -0.15) is 0 Å². The molecule has 4 heteroatoms. The average Bonchev–Trinajstić information content (AvgIpc) is 2.63. The fourth-order valence-electron chi connectivity index (χ4n) is 2.44. The molecule has 0 fully saturated rings. The van der Waals surface area contributed by atoms with Crippen LogP contribution < -0.4 is 14.2 Å². The molecule has 0 amide bonds. The topological polar surface area (TPSA) is 44.8 Å². The molecular weight excluding hydrogens is 316 g/mol. The maximum absolute atomic E-state index is 12.6. The van der Waals surface area contributed by atoms with Gasteiger partial charge in [0, 0.05) is 5.56 Å². The van der Waals surface area contributed by atoms with E-state index < -0.39 is 0 Å². The van der Waals surface area contributed by atoms with Crippen molar-refractivity contribution >= 4 is 11.9 Å². The Hall–Kier alpha value is -2.75. The molecular formula is C21H24O4. The summed E-state index contributed by atoms with van der Waals surface area (Å²) in [5.41, 5.74) is 1.34. The van der Waals surface area contributed by atoms with Crippen molar-refractivity contribution in [2.45, 2.75) is 20.8 Å². The third-order valence-electron chi connectivity index (χ3n) is 3.46. The van der Waals surface area contributed by atoms with E-state index in [0.29, 0.717) is 42.6 Å². The van der Waals surface area contributed by atoms with Crippen LogP contribution in [0.25, 0.3) is 6.08 Å². The van der Waals surface area contributed by atoms with Crippen molar-refractivity contribution in [1.82, 2.24) is 0 Å². The number of carbonyl (C=O) groups excluding carboxylic acids is 1. The average molecular weight is 340 g/mol. The van der Waals surface area contributed by atoms with Crippen molar-refractivity contribution < 1.29 is 19.0 Å². The van der Waals surface area contributed by atoms with E-state index in [-0.39, 0.29) is 5.78 Å². The van der Waals surface area contributed by atoms with Gasteiger partial charge >= 0.3 is 0 Å². The van der Waals surface area contributed by atoms with Crippen LogP contribution in [-0.4, -0.2) is 25.6 Å². The van der Waals surface area contributed by atoms with Gasteiger partial charge in [0.15, 0.2) is 17.3 Å². The van der Waals surface area contributed by atoms with E-state index in [1.807, 2.05) is 51.1 Å². The monoisotopic (exact) mass is 340 g/mol. The van der Waals surface area contributed by atoms with Crippen LogP contribution >= 0.6 is 0 Å². The summed E-state index contributed by atoms with van der Waals surface area (Å²) in [6, 6.07) is 12.9. The molecule has 0 heterocycles.